The summed E-state index contributed by atoms with van der Waals surface area (Å²) in [6.45, 7) is 3.12. The quantitative estimate of drug-likeness (QED) is 0.262. The van der Waals surface area contributed by atoms with Crippen molar-refractivity contribution in [2.24, 2.45) is 5.10 Å². The van der Waals surface area contributed by atoms with Crippen molar-refractivity contribution < 1.29 is 19.2 Å². The molecule has 1 aromatic heterocycles. The van der Waals surface area contributed by atoms with Crippen molar-refractivity contribution in [3.8, 4) is 5.75 Å². The van der Waals surface area contributed by atoms with E-state index in [-0.39, 0.29) is 23.3 Å². The van der Waals surface area contributed by atoms with Crippen LogP contribution in [0.2, 0.25) is 0 Å². The third-order valence-corrected chi connectivity index (χ3v) is 4.23. The number of ether oxygens (including phenoxy) is 2. The minimum atomic E-state index is -1.14. The monoisotopic (exact) mass is 426 g/mol. The summed E-state index contributed by atoms with van der Waals surface area (Å²) in [4.78, 5) is 50.0. The maximum Gasteiger partial charge on any atom is 0.349 e. The second-order valence-corrected chi connectivity index (χ2v) is 6.30. The Kier molecular flexibility index (Phi) is 6.24. The summed E-state index contributed by atoms with van der Waals surface area (Å²) in [5.41, 5.74) is -1.42. The minimum absolute atomic E-state index is 0.0878. The van der Waals surface area contributed by atoms with Crippen molar-refractivity contribution in [3.05, 3.63) is 79.0 Å². The van der Waals surface area contributed by atoms with E-state index in [4.69, 9.17) is 9.47 Å². The van der Waals surface area contributed by atoms with Crippen molar-refractivity contribution >= 4 is 28.8 Å². The SMILES string of the molecule is CCOC(=O)[C@@H](C)Oc1c(C=Nn2c(=O)[nH]c3ccccc3c2=O)cccc1[N+](=O)[O-]. The standard InChI is InChI=1S/C20H18N4O7/c1-3-30-19(26)12(2)31-17-13(7-6-10-16(17)24(28)29)11-21-23-18(25)14-8-4-5-9-15(14)22-20(23)27/h4-12H,3H2,1-2H3,(H,22,27)/t12-/m1/s1. The average Bonchev–Trinajstić information content (AvgIpc) is 2.74. The fourth-order valence-corrected chi connectivity index (χ4v) is 2.78. The van der Waals surface area contributed by atoms with Crippen LogP contribution >= 0.6 is 0 Å². The Labute approximate surface area is 174 Å². The van der Waals surface area contributed by atoms with Crippen LogP contribution in [0, 0.1) is 10.1 Å². The van der Waals surface area contributed by atoms with Crippen molar-refractivity contribution in [2.75, 3.05) is 6.61 Å². The number of esters is 1. The first-order valence-corrected chi connectivity index (χ1v) is 9.22. The number of H-pyrrole nitrogens is 1. The molecule has 11 heteroatoms. The molecule has 0 spiro atoms. The van der Waals surface area contributed by atoms with Crippen LogP contribution in [0.4, 0.5) is 5.69 Å². The Hall–Kier alpha value is -4.28. The zero-order valence-electron chi connectivity index (χ0n) is 16.6. The number of nitrogens with zero attached hydrogens (tertiary/aromatic N) is 3. The number of nitro groups is 1. The minimum Gasteiger partial charge on any atom is -0.471 e. The molecule has 0 amide bonds. The molecule has 3 rings (SSSR count). The first-order chi connectivity index (χ1) is 14.8. The van der Waals surface area contributed by atoms with Gasteiger partial charge in [-0.2, -0.15) is 5.10 Å². The molecule has 0 radical (unpaired) electrons. The van der Waals surface area contributed by atoms with E-state index in [2.05, 4.69) is 10.1 Å². The largest absolute Gasteiger partial charge is 0.471 e. The molecule has 1 atom stereocenters. The molecule has 0 aliphatic heterocycles. The predicted molar refractivity (Wildman–Crippen MR) is 112 cm³/mol. The molecule has 0 fully saturated rings. The molecule has 3 aromatic rings. The molecule has 31 heavy (non-hydrogen) atoms. The molecular formula is C20H18N4O7. The lowest BCUT2D eigenvalue weighted by Gasteiger charge is -2.15. The van der Waals surface area contributed by atoms with Gasteiger partial charge in [-0.25, -0.2) is 9.59 Å². The van der Waals surface area contributed by atoms with E-state index < -0.39 is 33.9 Å². The van der Waals surface area contributed by atoms with E-state index in [0.717, 1.165) is 6.21 Å². The Morgan fingerprint density at radius 1 is 1.26 bits per heavy atom. The lowest BCUT2D eigenvalue weighted by Crippen LogP contribution is -2.32. The Bertz CT molecular complexity index is 1290. The number of carbonyl (C=O) groups excluding carboxylic acids is 1. The number of hydrogen-bond donors (Lipinski definition) is 1. The highest BCUT2D eigenvalue weighted by atomic mass is 16.6. The number of hydrogen-bond acceptors (Lipinski definition) is 8. The lowest BCUT2D eigenvalue weighted by molar-refractivity contribution is -0.386. The number of aromatic nitrogens is 2. The van der Waals surface area contributed by atoms with E-state index in [1.54, 1.807) is 25.1 Å². The highest BCUT2D eigenvalue weighted by molar-refractivity contribution is 5.86. The van der Waals surface area contributed by atoms with Gasteiger partial charge >= 0.3 is 17.3 Å². The van der Waals surface area contributed by atoms with Crippen LogP contribution < -0.4 is 16.0 Å². The molecule has 1 N–H and O–H groups in total. The second-order valence-electron chi connectivity index (χ2n) is 6.30. The van der Waals surface area contributed by atoms with Gasteiger partial charge in [0.15, 0.2) is 6.10 Å². The van der Waals surface area contributed by atoms with Crippen molar-refractivity contribution in [1.29, 1.82) is 0 Å². The number of para-hydroxylation sites is 2. The van der Waals surface area contributed by atoms with Crippen LogP contribution in [0.15, 0.2) is 57.2 Å². The van der Waals surface area contributed by atoms with Crippen LogP contribution in [-0.4, -0.2) is 39.5 Å². The number of fused-ring (bicyclic) bond motifs is 1. The van der Waals surface area contributed by atoms with Gasteiger partial charge in [0.05, 0.1) is 28.6 Å². The second kappa shape index (κ2) is 9.03. The van der Waals surface area contributed by atoms with Gasteiger partial charge in [-0.05, 0) is 32.0 Å². The highest BCUT2D eigenvalue weighted by Crippen LogP contribution is 2.31. The smallest absolute Gasteiger partial charge is 0.349 e. The Morgan fingerprint density at radius 3 is 2.71 bits per heavy atom. The lowest BCUT2D eigenvalue weighted by atomic mass is 10.2. The first-order valence-electron chi connectivity index (χ1n) is 9.22. The van der Waals surface area contributed by atoms with Crippen LogP contribution in [0.5, 0.6) is 5.75 Å². The van der Waals surface area contributed by atoms with Gasteiger partial charge in [-0.1, -0.05) is 18.2 Å². The molecule has 0 bridgehead atoms. The van der Waals surface area contributed by atoms with Crippen molar-refractivity contribution in [1.82, 2.24) is 9.66 Å². The molecule has 2 aromatic carbocycles. The molecule has 0 unspecified atom stereocenters. The van der Waals surface area contributed by atoms with Gasteiger partial charge < -0.3 is 14.5 Å². The number of carbonyl (C=O) groups is 1. The molecule has 0 aliphatic carbocycles. The Balaban J connectivity index is 2.07. The van der Waals surface area contributed by atoms with Crippen LogP contribution in [0.3, 0.4) is 0 Å². The fourth-order valence-electron chi connectivity index (χ4n) is 2.78. The summed E-state index contributed by atoms with van der Waals surface area (Å²) in [5, 5.41) is 15.6. The first kappa shape index (κ1) is 21.4. The molecule has 1 heterocycles. The topological polar surface area (TPSA) is 146 Å². The summed E-state index contributed by atoms with van der Waals surface area (Å²) in [6, 6.07) is 10.4. The third-order valence-electron chi connectivity index (χ3n) is 4.23. The fraction of sp³-hybridized carbons (Fsp3) is 0.200. The molecule has 0 saturated carbocycles. The van der Waals surface area contributed by atoms with E-state index in [9.17, 15) is 24.5 Å². The number of benzene rings is 2. The zero-order chi connectivity index (χ0) is 22.5. The van der Waals surface area contributed by atoms with Gasteiger partial charge in [0.2, 0.25) is 5.75 Å². The van der Waals surface area contributed by atoms with E-state index in [1.807, 2.05) is 0 Å². The van der Waals surface area contributed by atoms with Gasteiger partial charge in [-0.3, -0.25) is 14.9 Å². The highest BCUT2D eigenvalue weighted by Gasteiger charge is 2.24. The molecule has 0 aliphatic rings. The number of aromatic amines is 1. The molecular weight excluding hydrogens is 408 g/mol. The summed E-state index contributed by atoms with van der Waals surface area (Å²) in [5.74, 6) is -0.951. The maximum atomic E-state index is 12.6. The molecule has 160 valence electrons. The average molecular weight is 426 g/mol. The normalized spacial score (nSPS) is 12.1. The number of nitro benzene ring substituents is 1. The third kappa shape index (κ3) is 4.50. The van der Waals surface area contributed by atoms with E-state index >= 15 is 0 Å². The summed E-state index contributed by atoms with van der Waals surface area (Å²) >= 11 is 0. The van der Waals surface area contributed by atoms with Crippen LogP contribution in [0.1, 0.15) is 19.4 Å². The zero-order valence-corrected chi connectivity index (χ0v) is 16.6. The van der Waals surface area contributed by atoms with Crippen LogP contribution in [-0.2, 0) is 9.53 Å². The number of nitrogens with one attached hydrogen (secondary N) is 1. The molecule has 0 saturated heterocycles. The van der Waals surface area contributed by atoms with Gasteiger partial charge in [0.1, 0.15) is 0 Å². The van der Waals surface area contributed by atoms with Gasteiger partial charge in [0, 0.05) is 11.6 Å². The summed E-state index contributed by atoms with van der Waals surface area (Å²) < 4.78 is 10.9. The summed E-state index contributed by atoms with van der Waals surface area (Å²) in [7, 11) is 0. The van der Waals surface area contributed by atoms with E-state index in [0.29, 0.717) is 10.2 Å². The van der Waals surface area contributed by atoms with Crippen molar-refractivity contribution in [3.63, 3.8) is 0 Å². The predicted octanol–water partition coefficient (Wildman–Crippen LogP) is 1.81. The van der Waals surface area contributed by atoms with Gasteiger partial charge in [-0.15, -0.1) is 4.68 Å². The van der Waals surface area contributed by atoms with Crippen LogP contribution in [0.25, 0.3) is 10.9 Å². The summed E-state index contributed by atoms with van der Waals surface area (Å²) in [6.07, 6.45) is -0.0639. The maximum absolute atomic E-state index is 12.6. The Morgan fingerprint density at radius 2 is 2.00 bits per heavy atom. The van der Waals surface area contributed by atoms with Crippen molar-refractivity contribution in [2.45, 2.75) is 20.0 Å². The van der Waals surface area contributed by atoms with E-state index in [1.165, 1.54) is 31.2 Å². The molecule has 11 nitrogen and oxygen atoms in total. The number of rotatable bonds is 7. The van der Waals surface area contributed by atoms with Gasteiger partial charge in [0.25, 0.3) is 5.56 Å².